The van der Waals surface area contributed by atoms with Crippen LogP contribution >= 0.6 is 11.8 Å². The van der Waals surface area contributed by atoms with E-state index in [0.717, 1.165) is 0 Å². The lowest BCUT2D eigenvalue weighted by Crippen LogP contribution is -3.00. The number of rotatable bonds is 4. The van der Waals surface area contributed by atoms with Gasteiger partial charge in [0, 0.05) is 14.1 Å². The summed E-state index contributed by atoms with van der Waals surface area (Å²) in [4.78, 5) is 12.8. The maximum absolute atomic E-state index is 11.2. The molecule has 0 unspecified atom stereocenters. The van der Waals surface area contributed by atoms with E-state index in [9.17, 15) is 4.79 Å². The third-order valence-electron chi connectivity index (χ3n) is 1.63. The minimum absolute atomic E-state index is 0. The molecule has 2 N–H and O–H groups in total. The second-order valence-electron chi connectivity index (χ2n) is 3.27. The van der Waals surface area contributed by atoms with Crippen LogP contribution in [0.3, 0.4) is 0 Å². The highest BCUT2D eigenvalue weighted by Crippen LogP contribution is 2.18. The third-order valence-corrected chi connectivity index (χ3v) is 2.43. The highest BCUT2D eigenvalue weighted by atomic mass is 35.5. The van der Waals surface area contributed by atoms with Crippen molar-refractivity contribution < 1.29 is 21.6 Å². The Labute approximate surface area is 104 Å². The third kappa shape index (κ3) is 4.38. The van der Waals surface area contributed by atoms with Crippen LogP contribution in [-0.2, 0) is 4.79 Å². The first-order chi connectivity index (χ1) is 7.00. The van der Waals surface area contributed by atoms with Gasteiger partial charge in [-0.25, -0.2) is 0 Å². The molecule has 0 spiro atoms. The topological polar surface area (TPSA) is 85.2 Å². The van der Waals surface area contributed by atoms with Gasteiger partial charge >= 0.3 is 0 Å². The SMILES string of the molecule is C[C@H](N)c1nnc(SCC(=O)N(C)C)o1.[Cl-]. The zero-order valence-electron chi connectivity index (χ0n) is 9.31. The van der Waals surface area contributed by atoms with Crippen molar-refractivity contribution in [3.05, 3.63) is 5.89 Å². The lowest BCUT2D eigenvalue weighted by Gasteiger charge is -2.07. The van der Waals surface area contributed by atoms with Crippen molar-refractivity contribution in [3.63, 3.8) is 0 Å². The van der Waals surface area contributed by atoms with Gasteiger partial charge < -0.3 is 27.5 Å². The Morgan fingerprint density at radius 2 is 2.19 bits per heavy atom. The summed E-state index contributed by atoms with van der Waals surface area (Å²) in [5.74, 6) is 0.670. The molecule has 92 valence electrons. The number of hydrogen-bond acceptors (Lipinski definition) is 6. The molecule has 0 aliphatic rings. The average molecular weight is 266 g/mol. The van der Waals surface area contributed by atoms with Crippen molar-refractivity contribution in [3.8, 4) is 0 Å². The molecule has 8 heteroatoms. The van der Waals surface area contributed by atoms with E-state index in [0.29, 0.717) is 11.1 Å². The van der Waals surface area contributed by atoms with Crippen molar-refractivity contribution in [1.82, 2.24) is 15.1 Å². The minimum Gasteiger partial charge on any atom is -1.00 e. The molecule has 1 amide bonds. The number of halogens is 1. The minimum atomic E-state index is -0.281. The van der Waals surface area contributed by atoms with Crippen LogP contribution in [0.25, 0.3) is 0 Å². The second kappa shape index (κ2) is 6.72. The van der Waals surface area contributed by atoms with E-state index >= 15 is 0 Å². The van der Waals surface area contributed by atoms with Gasteiger partial charge in [0.25, 0.3) is 5.22 Å². The fourth-order valence-electron chi connectivity index (χ4n) is 0.715. The summed E-state index contributed by atoms with van der Waals surface area (Å²) in [7, 11) is 3.40. The Hall–Kier alpha value is -0.790. The first-order valence-electron chi connectivity index (χ1n) is 4.42. The molecule has 0 aromatic carbocycles. The molecule has 1 aromatic heterocycles. The maximum atomic E-state index is 11.2. The molecule has 0 bridgehead atoms. The first-order valence-corrected chi connectivity index (χ1v) is 5.41. The Kier molecular flexibility index (Phi) is 6.39. The number of amides is 1. The van der Waals surface area contributed by atoms with Crippen LogP contribution in [0.2, 0.25) is 0 Å². The van der Waals surface area contributed by atoms with Gasteiger partial charge in [-0.2, -0.15) is 0 Å². The summed E-state index contributed by atoms with van der Waals surface area (Å²) in [6, 6.07) is -0.281. The molecule has 1 heterocycles. The summed E-state index contributed by atoms with van der Waals surface area (Å²) in [5, 5.41) is 7.89. The Morgan fingerprint density at radius 3 is 2.62 bits per heavy atom. The highest BCUT2D eigenvalue weighted by Gasteiger charge is 2.12. The number of carbonyl (C=O) groups is 1. The second-order valence-corrected chi connectivity index (χ2v) is 4.20. The summed E-state index contributed by atoms with van der Waals surface area (Å²) >= 11 is 1.21. The predicted octanol–water partition coefficient (Wildman–Crippen LogP) is -2.73. The lowest BCUT2D eigenvalue weighted by molar-refractivity contribution is -0.125. The number of thioether (sulfide) groups is 1. The molecule has 0 saturated carbocycles. The van der Waals surface area contributed by atoms with Gasteiger partial charge in [0.2, 0.25) is 11.8 Å². The average Bonchev–Trinajstić information content (AvgIpc) is 2.62. The van der Waals surface area contributed by atoms with E-state index in [2.05, 4.69) is 10.2 Å². The fraction of sp³-hybridized carbons (Fsp3) is 0.625. The fourth-order valence-corrected chi connectivity index (χ4v) is 1.46. The van der Waals surface area contributed by atoms with Crippen LogP contribution in [0.5, 0.6) is 0 Å². The molecule has 0 radical (unpaired) electrons. The standard InChI is InChI=1S/C8H14N4O2S.ClH/c1-5(9)7-10-11-8(14-7)15-4-6(13)12(2)3;/h5H,4,9H2,1-3H3;1H/p-1/t5-;/m0./s1. The zero-order valence-corrected chi connectivity index (χ0v) is 10.9. The van der Waals surface area contributed by atoms with Crippen LogP contribution in [0.1, 0.15) is 18.9 Å². The lowest BCUT2D eigenvalue weighted by atomic mass is 10.4. The molecular formula is C8H14ClN4O2S-. The number of nitrogens with two attached hydrogens (primary N) is 1. The van der Waals surface area contributed by atoms with Crippen LogP contribution in [0.4, 0.5) is 0 Å². The molecule has 6 nitrogen and oxygen atoms in total. The maximum Gasteiger partial charge on any atom is 0.277 e. The Balaban J connectivity index is 0.00000225. The van der Waals surface area contributed by atoms with Gasteiger partial charge in [0.15, 0.2) is 0 Å². The molecule has 0 aliphatic heterocycles. The van der Waals surface area contributed by atoms with Crippen molar-refractivity contribution >= 4 is 17.7 Å². The van der Waals surface area contributed by atoms with Crippen LogP contribution < -0.4 is 18.1 Å². The van der Waals surface area contributed by atoms with Crippen molar-refractivity contribution in [2.75, 3.05) is 19.8 Å². The first kappa shape index (κ1) is 15.2. The van der Waals surface area contributed by atoms with E-state index in [1.54, 1.807) is 21.0 Å². The Bertz CT molecular complexity index is 343. The largest absolute Gasteiger partial charge is 1.00 e. The molecule has 1 atom stereocenters. The molecule has 16 heavy (non-hydrogen) atoms. The van der Waals surface area contributed by atoms with Gasteiger partial charge in [-0.3, -0.25) is 4.79 Å². The molecule has 1 rings (SSSR count). The number of hydrogen-bond donors (Lipinski definition) is 1. The number of carbonyl (C=O) groups excluding carboxylic acids is 1. The molecule has 1 aromatic rings. The van der Waals surface area contributed by atoms with E-state index < -0.39 is 0 Å². The normalized spacial score (nSPS) is 11.8. The summed E-state index contributed by atoms with van der Waals surface area (Å²) in [6.45, 7) is 1.76. The molecule has 0 saturated heterocycles. The van der Waals surface area contributed by atoms with E-state index in [4.69, 9.17) is 10.2 Å². The van der Waals surface area contributed by atoms with E-state index in [-0.39, 0.29) is 30.1 Å². The predicted molar refractivity (Wildman–Crippen MR) is 56.3 cm³/mol. The quantitative estimate of drug-likeness (QED) is 0.595. The van der Waals surface area contributed by atoms with Crippen molar-refractivity contribution in [2.45, 2.75) is 18.2 Å². The van der Waals surface area contributed by atoms with Gasteiger partial charge in [0.1, 0.15) is 0 Å². The molecule has 0 aliphatic carbocycles. The number of nitrogens with zero attached hydrogens (tertiary/aromatic N) is 3. The van der Waals surface area contributed by atoms with E-state index in [1.807, 2.05) is 0 Å². The monoisotopic (exact) mass is 265 g/mol. The van der Waals surface area contributed by atoms with Crippen LogP contribution in [0, 0.1) is 0 Å². The molecule has 0 fully saturated rings. The Morgan fingerprint density at radius 1 is 1.56 bits per heavy atom. The summed E-state index contributed by atoms with van der Waals surface area (Å²) in [6.07, 6.45) is 0. The van der Waals surface area contributed by atoms with E-state index in [1.165, 1.54) is 16.7 Å². The van der Waals surface area contributed by atoms with Gasteiger partial charge in [-0.05, 0) is 6.92 Å². The van der Waals surface area contributed by atoms with Crippen LogP contribution in [0.15, 0.2) is 9.64 Å². The highest BCUT2D eigenvalue weighted by molar-refractivity contribution is 7.99. The van der Waals surface area contributed by atoms with Gasteiger partial charge in [-0.15, -0.1) is 10.2 Å². The van der Waals surface area contributed by atoms with Crippen LogP contribution in [-0.4, -0.2) is 40.9 Å². The molecular weight excluding hydrogens is 252 g/mol. The zero-order chi connectivity index (χ0) is 11.4. The van der Waals surface area contributed by atoms with Gasteiger partial charge in [-0.1, -0.05) is 11.8 Å². The smallest absolute Gasteiger partial charge is 0.277 e. The van der Waals surface area contributed by atoms with Crippen molar-refractivity contribution in [2.24, 2.45) is 5.73 Å². The van der Waals surface area contributed by atoms with Crippen molar-refractivity contribution in [1.29, 1.82) is 0 Å². The van der Waals surface area contributed by atoms with Gasteiger partial charge in [0.05, 0.1) is 11.8 Å². The summed E-state index contributed by atoms with van der Waals surface area (Å²) in [5.41, 5.74) is 5.55. The number of aromatic nitrogens is 2. The summed E-state index contributed by atoms with van der Waals surface area (Å²) < 4.78 is 5.22.